The van der Waals surface area contributed by atoms with E-state index in [9.17, 15) is 18.0 Å². The van der Waals surface area contributed by atoms with Crippen molar-refractivity contribution >= 4 is 34.8 Å². The van der Waals surface area contributed by atoms with Crippen LogP contribution >= 0.6 is 23.2 Å². The van der Waals surface area contributed by atoms with E-state index in [1.807, 2.05) is 6.07 Å². The summed E-state index contributed by atoms with van der Waals surface area (Å²) < 4.78 is 40.8. The predicted octanol–water partition coefficient (Wildman–Crippen LogP) is 5.14. The molecule has 2 fully saturated rings. The van der Waals surface area contributed by atoms with Gasteiger partial charge in [-0.1, -0.05) is 35.3 Å². The number of fused-ring (bicyclic) bond motifs is 2. The van der Waals surface area contributed by atoms with Crippen LogP contribution in [0.2, 0.25) is 0 Å². The zero-order valence-electron chi connectivity index (χ0n) is 14.6. The third-order valence-corrected chi connectivity index (χ3v) is 6.66. The highest BCUT2D eigenvalue weighted by Crippen LogP contribution is 2.82. The molecule has 1 heterocycles. The van der Waals surface area contributed by atoms with Gasteiger partial charge in [0.05, 0.1) is 5.56 Å². The number of halogens is 5. The monoisotopic (exact) mass is 427 g/mol. The summed E-state index contributed by atoms with van der Waals surface area (Å²) in [6.07, 6.45) is -1.72. The van der Waals surface area contributed by atoms with Crippen molar-refractivity contribution in [3.05, 3.63) is 56.8 Å². The maximum absolute atomic E-state index is 13.2. The van der Waals surface area contributed by atoms with E-state index < -0.39 is 23.3 Å². The zero-order chi connectivity index (χ0) is 20.0. The summed E-state index contributed by atoms with van der Waals surface area (Å²) in [6, 6.07) is 5.49. The Morgan fingerprint density at radius 3 is 2.64 bits per heavy atom. The molecular formula is C19H14Cl2F3N3O. The van der Waals surface area contributed by atoms with Crippen LogP contribution in [0.4, 0.5) is 18.9 Å². The number of carbonyl (C=O) groups is 1. The van der Waals surface area contributed by atoms with Crippen LogP contribution in [0.3, 0.4) is 0 Å². The number of allylic oxidation sites excluding steroid dienone is 1. The van der Waals surface area contributed by atoms with Crippen molar-refractivity contribution in [1.82, 2.24) is 9.78 Å². The van der Waals surface area contributed by atoms with E-state index in [4.69, 9.17) is 23.2 Å². The Hall–Kier alpha value is -1.99. The minimum atomic E-state index is -4.71. The van der Waals surface area contributed by atoms with Crippen molar-refractivity contribution in [2.75, 3.05) is 5.32 Å². The fraction of sp³-hybridized carbons (Fsp3) is 0.368. The Bertz CT molecular complexity index is 1070. The summed E-state index contributed by atoms with van der Waals surface area (Å²) in [5.74, 6) is -0.315. The molecule has 0 aliphatic heterocycles. The van der Waals surface area contributed by atoms with Crippen molar-refractivity contribution < 1.29 is 18.0 Å². The standard InChI is InChI=1S/C19H14Cl2F3N3O/c1-27-7-8(15(26-27)19(22,23)24)17(28)25-12-4-2-3-9-13(12)10-5-6-11-14(16(20)21)18(9,10)11/h2-4,7,10-11H,5-6H2,1H3,(H,25,28). The van der Waals surface area contributed by atoms with Crippen LogP contribution < -0.4 is 5.32 Å². The van der Waals surface area contributed by atoms with Gasteiger partial charge < -0.3 is 5.32 Å². The van der Waals surface area contributed by atoms with Crippen LogP contribution in [0.25, 0.3) is 0 Å². The zero-order valence-corrected chi connectivity index (χ0v) is 16.1. The lowest BCUT2D eigenvalue weighted by atomic mass is 9.64. The van der Waals surface area contributed by atoms with Crippen LogP contribution in [-0.2, 0) is 18.6 Å². The van der Waals surface area contributed by atoms with E-state index in [1.165, 1.54) is 7.05 Å². The van der Waals surface area contributed by atoms with Gasteiger partial charge in [0.1, 0.15) is 4.49 Å². The number of carbonyl (C=O) groups excluding carboxylic acids is 1. The van der Waals surface area contributed by atoms with E-state index in [1.54, 1.807) is 12.1 Å². The molecule has 1 spiro atoms. The molecule has 2 saturated carbocycles. The van der Waals surface area contributed by atoms with Crippen LogP contribution in [-0.4, -0.2) is 15.7 Å². The number of hydrogen-bond donors (Lipinski definition) is 1. The number of alkyl halides is 3. The smallest absolute Gasteiger partial charge is 0.322 e. The van der Waals surface area contributed by atoms with Gasteiger partial charge in [-0.05, 0) is 41.5 Å². The van der Waals surface area contributed by atoms with Gasteiger partial charge in [-0.25, -0.2) is 0 Å². The van der Waals surface area contributed by atoms with Gasteiger partial charge in [-0.15, -0.1) is 0 Å². The molecule has 4 nitrogen and oxygen atoms in total. The summed E-state index contributed by atoms with van der Waals surface area (Å²) in [6.45, 7) is 0. The topological polar surface area (TPSA) is 46.9 Å². The third kappa shape index (κ3) is 2.14. The van der Waals surface area contributed by atoms with E-state index in [-0.39, 0.29) is 11.3 Å². The molecule has 1 N–H and O–H groups in total. The first-order chi connectivity index (χ1) is 13.2. The SMILES string of the molecule is Cn1cc(C(=O)Nc2cccc3c2C2CCC4C(=C(Cl)Cl)C342)c(C(F)(F)F)n1. The highest BCUT2D eigenvalue weighted by atomic mass is 35.5. The van der Waals surface area contributed by atoms with Gasteiger partial charge in [0.25, 0.3) is 5.91 Å². The van der Waals surface area contributed by atoms with E-state index in [0.29, 0.717) is 16.1 Å². The molecule has 1 aromatic heterocycles. The average molecular weight is 428 g/mol. The van der Waals surface area contributed by atoms with Crippen molar-refractivity contribution in [2.24, 2.45) is 13.0 Å². The van der Waals surface area contributed by atoms with Gasteiger partial charge in [0, 0.05) is 30.3 Å². The number of anilines is 1. The van der Waals surface area contributed by atoms with Gasteiger partial charge in [0.2, 0.25) is 0 Å². The van der Waals surface area contributed by atoms with Crippen LogP contribution in [0.1, 0.15) is 45.9 Å². The van der Waals surface area contributed by atoms with Gasteiger partial charge in [0.15, 0.2) is 5.69 Å². The van der Waals surface area contributed by atoms with Gasteiger partial charge in [-0.3, -0.25) is 9.48 Å². The Labute approximate surface area is 168 Å². The molecule has 9 heteroatoms. The number of benzene rings is 1. The molecule has 5 rings (SSSR count). The molecule has 3 aliphatic carbocycles. The maximum Gasteiger partial charge on any atom is 0.435 e. The number of hydrogen-bond acceptors (Lipinski definition) is 2. The maximum atomic E-state index is 13.2. The summed E-state index contributed by atoms with van der Waals surface area (Å²) >= 11 is 12.1. The van der Waals surface area contributed by atoms with Crippen LogP contribution in [0, 0.1) is 5.92 Å². The summed E-state index contributed by atoms with van der Waals surface area (Å²) in [5.41, 5.74) is 1.79. The number of amides is 1. The quantitative estimate of drug-likeness (QED) is 0.720. The lowest BCUT2D eigenvalue weighted by Crippen LogP contribution is -2.32. The van der Waals surface area contributed by atoms with Crippen molar-refractivity contribution in [3.8, 4) is 0 Å². The van der Waals surface area contributed by atoms with Gasteiger partial charge >= 0.3 is 6.18 Å². The second-order valence-corrected chi connectivity index (χ2v) is 8.46. The lowest BCUT2D eigenvalue weighted by Gasteiger charge is -2.39. The van der Waals surface area contributed by atoms with Crippen molar-refractivity contribution in [2.45, 2.75) is 30.4 Å². The molecule has 0 bridgehead atoms. The highest BCUT2D eigenvalue weighted by Gasteiger charge is 2.75. The Balaban J connectivity index is 1.51. The normalized spacial score (nSPS) is 26.9. The fourth-order valence-electron chi connectivity index (χ4n) is 5.34. The largest absolute Gasteiger partial charge is 0.435 e. The molecule has 1 aromatic carbocycles. The number of rotatable bonds is 2. The summed E-state index contributed by atoms with van der Waals surface area (Å²) in [4.78, 5) is 12.6. The Morgan fingerprint density at radius 2 is 2.00 bits per heavy atom. The van der Waals surface area contributed by atoms with E-state index >= 15 is 0 Å². The predicted molar refractivity (Wildman–Crippen MR) is 98.5 cm³/mol. The highest BCUT2D eigenvalue weighted by molar-refractivity contribution is 6.56. The minimum Gasteiger partial charge on any atom is -0.322 e. The number of nitrogens with one attached hydrogen (secondary N) is 1. The molecule has 146 valence electrons. The molecule has 28 heavy (non-hydrogen) atoms. The van der Waals surface area contributed by atoms with E-state index in [2.05, 4.69) is 10.4 Å². The third-order valence-electron chi connectivity index (χ3n) is 6.25. The first-order valence-electron chi connectivity index (χ1n) is 8.78. The van der Waals surface area contributed by atoms with Gasteiger partial charge in [-0.2, -0.15) is 18.3 Å². The molecule has 0 radical (unpaired) electrons. The first kappa shape index (κ1) is 18.1. The van der Waals surface area contributed by atoms with Crippen LogP contribution in [0.5, 0.6) is 0 Å². The van der Waals surface area contributed by atoms with E-state index in [0.717, 1.165) is 40.4 Å². The lowest BCUT2D eigenvalue weighted by molar-refractivity contribution is -0.141. The number of aromatic nitrogens is 2. The minimum absolute atomic E-state index is 0.139. The van der Waals surface area contributed by atoms with Crippen molar-refractivity contribution in [1.29, 1.82) is 0 Å². The molecule has 3 unspecified atom stereocenters. The average Bonchev–Trinajstić information content (AvgIpc) is 2.97. The molecular weight excluding hydrogens is 414 g/mol. The molecule has 3 aliphatic rings. The molecule has 0 saturated heterocycles. The molecule has 3 atom stereocenters. The summed E-state index contributed by atoms with van der Waals surface area (Å²) in [5, 5.41) is 6.06. The molecule has 2 aromatic rings. The Morgan fingerprint density at radius 1 is 1.29 bits per heavy atom. The first-order valence-corrected chi connectivity index (χ1v) is 9.54. The van der Waals surface area contributed by atoms with Crippen LogP contribution in [0.15, 0.2) is 34.5 Å². The Kier molecular flexibility index (Phi) is 3.57. The second kappa shape index (κ2) is 5.54. The second-order valence-electron chi connectivity index (χ2n) is 7.51. The fourth-order valence-corrected chi connectivity index (χ4v) is 5.92. The van der Waals surface area contributed by atoms with Crippen molar-refractivity contribution in [3.63, 3.8) is 0 Å². The summed E-state index contributed by atoms with van der Waals surface area (Å²) in [7, 11) is 1.35. The number of aryl methyl sites for hydroxylation is 1. The number of nitrogens with zero attached hydrogens (tertiary/aromatic N) is 2. The molecule has 1 amide bonds.